The van der Waals surface area contributed by atoms with Crippen molar-refractivity contribution in [3.63, 3.8) is 0 Å². The number of rotatable bonds is 4. The predicted octanol–water partition coefficient (Wildman–Crippen LogP) is 2.86. The number of nitrogens with zero attached hydrogens (tertiary/aromatic N) is 1. The Morgan fingerprint density at radius 1 is 1.56 bits per heavy atom. The third-order valence-electron chi connectivity index (χ3n) is 3.48. The molecule has 3 atom stereocenters. The van der Waals surface area contributed by atoms with Crippen molar-refractivity contribution in [2.75, 3.05) is 6.54 Å². The van der Waals surface area contributed by atoms with E-state index in [1.165, 1.54) is 12.0 Å². The van der Waals surface area contributed by atoms with Crippen molar-refractivity contribution >= 4 is 0 Å². The van der Waals surface area contributed by atoms with Crippen molar-refractivity contribution in [1.82, 2.24) is 5.32 Å². The average molecular weight is 214 g/mol. The summed E-state index contributed by atoms with van der Waals surface area (Å²) in [5.41, 5.74) is 1.94. The lowest BCUT2D eigenvalue weighted by Crippen LogP contribution is -2.21. The molecule has 3 unspecified atom stereocenters. The topological polar surface area (TPSA) is 35.8 Å². The lowest BCUT2D eigenvalue weighted by atomic mass is 10.1. The Morgan fingerprint density at radius 3 is 2.94 bits per heavy atom. The summed E-state index contributed by atoms with van der Waals surface area (Å²) in [6, 6.07) is 10.4. The number of nitriles is 1. The van der Waals surface area contributed by atoms with Gasteiger partial charge in [0.2, 0.25) is 0 Å². The van der Waals surface area contributed by atoms with Crippen LogP contribution in [0.5, 0.6) is 0 Å². The summed E-state index contributed by atoms with van der Waals surface area (Å²) in [5, 5.41) is 12.4. The smallest absolute Gasteiger partial charge is 0.0991 e. The first-order valence-corrected chi connectivity index (χ1v) is 5.94. The normalized spacial score (nSPS) is 24.8. The van der Waals surface area contributed by atoms with Crippen LogP contribution in [0.1, 0.15) is 37.4 Å². The second kappa shape index (κ2) is 4.67. The van der Waals surface area contributed by atoms with Gasteiger partial charge in [-0.05, 0) is 49.4 Å². The van der Waals surface area contributed by atoms with E-state index in [9.17, 15) is 0 Å². The molecule has 2 heteroatoms. The van der Waals surface area contributed by atoms with Crippen molar-refractivity contribution in [2.45, 2.75) is 26.3 Å². The monoisotopic (exact) mass is 214 g/mol. The molecule has 0 aromatic heterocycles. The summed E-state index contributed by atoms with van der Waals surface area (Å²) in [7, 11) is 0. The highest BCUT2D eigenvalue weighted by molar-refractivity contribution is 5.34. The molecule has 1 aromatic carbocycles. The van der Waals surface area contributed by atoms with Crippen LogP contribution in [0.3, 0.4) is 0 Å². The lowest BCUT2D eigenvalue weighted by molar-refractivity contribution is 0.535. The molecule has 0 aliphatic heterocycles. The van der Waals surface area contributed by atoms with E-state index in [0.29, 0.717) is 6.04 Å². The van der Waals surface area contributed by atoms with Gasteiger partial charge in [-0.2, -0.15) is 5.26 Å². The third-order valence-corrected chi connectivity index (χ3v) is 3.48. The fourth-order valence-electron chi connectivity index (χ4n) is 2.01. The van der Waals surface area contributed by atoms with Gasteiger partial charge in [0.1, 0.15) is 0 Å². The molecule has 0 radical (unpaired) electrons. The zero-order chi connectivity index (χ0) is 11.5. The first-order valence-electron chi connectivity index (χ1n) is 5.94. The van der Waals surface area contributed by atoms with E-state index >= 15 is 0 Å². The lowest BCUT2D eigenvalue weighted by Gasteiger charge is -2.14. The molecular formula is C14H18N2. The first kappa shape index (κ1) is 11.2. The maximum Gasteiger partial charge on any atom is 0.0991 e. The van der Waals surface area contributed by atoms with Crippen LogP contribution in [0.15, 0.2) is 24.3 Å². The Bertz CT molecular complexity index is 405. The highest BCUT2D eigenvalue weighted by Gasteiger charge is 2.32. The second-order valence-corrected chi connectivity index (χ2v) is 4.84. The first-order chi connectivity index (χ1) is 7.70. The molecule has 0 bridgehead atoms. The molecule has 1 aliphatic carbocycles. The van der Waals surface area contributed by atoms with Gasteiger partial charge in [-0.15, -0.1) is 0 Å². The molecule has 84 valence electrons. The van der Waals surface area contributed by atoms with Crippen LogP contribution in [0.25, 0.3) is 0 Å². The fraction of sp³-hybridized carbons (Fsp3) is 0.500. The van der Waals surface area contributed by atoms with Crippen LogP contribution in [0, 0.1) is 23.2 Å². The second-order valence-electron chi connectivity index (χ2n) is 4.84. The van der Waals surface area contributed by atoms with Crippen LogP contribution in [-0.4, -0.2) is 6.54 Å². The van der Waals surface area contributed by atoms with Gasteiger partial charge in [0.15, 0.2) is 0 Å². The van der Waals surface area contributed by atoms with Crippen molar-refractivity contribution in [1.29, 1.82) is 5.26 Å². The molecule has 2 nitrogen and oxygen atoms in total. The third kappa shape index (κ3) is 2.62. The predicted molar refractivity (Wildman–Crippen MR) is 64.8 cm³/mol. The molecule has 1 aliphatic rings. The van der Waals surface area contributed by atoms with Gasteiger partial charge < -0.3 is 5.32 Å². The van der Waals surface area contributed by atoms with E-state index in [-0.39, 0.29) is 0 Å². The highest BCUT2D eigenvalue weighted by Crippen LogP contribution is 2.37. The van der Waals surface area contributed by atoms with Crippen LogP contribution in [0.4, 0.5) is 0 Å². The molecule has 0 saturated heterocycles. The Kier molecular flexibility index (Phi) is 3.26. The Hall–Kier alpha value is -1.33. The molecule has 1 fully saturated rings. The summed E-state index contributed by atoms with van der Waals surface area (Å²) in [5.74, 6) is 1.76. The van der Waals surface area contributed by atoms with E-state index in [0.717, 1.165) is 23.9 Å². The molecular weight excluding hydrogens is 196 g/mol. The van der Waals surface area contributed by atoms with Gasteiger partial charge in [-0.25, -0.2) is 0 Å². The molecule has 0 amide bonds. The standard InChI is InChI=1S/C14H18N2/c1-10-6-14(10)9-16-11(2)13-5-3-4-12(7-13)8-15/h3-5,7,10-11,14,16H,6,9H2,1-2H3. The number of benzene rings is 1. The SMILES string of the molecule is CC(NCC1CC1C)c1cccc(C#N)c1. The molecule has 0 spiro atoms. The fourth-order valence-corrected chi connectivity index (χ4v) is 2.01. The Balaban J connectivity index is 1.92. The minimum Gasteiger partial charge on any atom is -0.310 e. The zero-order valence-electron chi connectivity index (χ0n) is 9.90. The largest absolute Gasteiger partial charge is 0.310 e. The zero-order valence-corrected chi connectivity index (χ0v) is 9.90. The van der Waals surface area contributed by atoms with Crippen molar-refractivity contribution in [3.8, 4) is 6.07 Å². The van der Waals surface area contributed by atoms with Crippen molar-refractivity contribution in [3.05, 3.63) is 35.4 Å². The molecule has 0 heterocycles. The van der Waals surface area contributed by atoms with Crippen LogP contribution in [0.2, 0.25) is 0 Å². The van der Waals surface area contributed by atoms with Gasteiger partial charge in [-0.1, -0.05) is 19.1 Å². The van der Waals surface area contributed by atoms with Gasteiger partial charge in [-0.3, -0.25) is 0 Å². The van der Waals surface area contributed by atoms with Gasteiger partial charge in [0, 0.05) is 6.04 Å². The van der Waals surface area contributed by atoms with Crippen LogP contribution >= 0.6 is 0 Å². The maximum atomic E-state index is 8.84. The number of hydrogen-bond acceptors (Lipinski definition) is 2. The van der Waals surface area contributed by atoms with E-state index in [2.05, 4.69) is 31.3 Å². The van der Waals surface area contributed by atoms with Crippen LogP contribution < -0.4 is 5.32 Å². The molecule has 1 aromatic rings. The molecule has 1 saturated carbocycles. The Labute approximate surface area is 97.3 Å². The highest BCUT2D eigenvalue weighted by atomic mass is 14.9. The maximum absolute atomic E-state index is 8.84. The Morgan fingerprint density at radius 2 is 2.31 bits per heavy atom. The van der Waals surface area contributed by atoms with Gasteiger partial charge in [0.05, 0.1) is 11.6 Å². The summed E-state index contributed by atoms with van der Waals surface area (Å²) in [6.45, 7) is 5.55. The number of nitrogens with one attached hydrogen (secondary N) is 1. The molecule has 16 heavy (non-hydrogen) atoms. The molecule has 2 rings (SSSR count). The van der Waals surface area contributed by atoms with E-state index in [1.54, 1.807) is 0 Å². The van der Waals surface area contributed by atoms with Crippen LogP contribution in [-0.2, 0) is 0 Å². The number of hydrogen-bond donors (Lipinski definition) is 1. The summed E-state index contributed by atoms with van der Waals surface area (Å²) in [4.78, 5) is 0. The minimum atomic E-state index is 0.334. The van der Waals surface area contributed by atoms with Gasteiger partial charge in [0.25, 0.3) is 0 Å². The summed E-state index contributed by atoms with van der Waals surface area (Å²) in [6.07, 6.45) is 1.36. The van der Waals surface area contributed by atoms with E-state index < -0.39 is 0 Å². The van der Waals surface area contributed by atoms with E-state index in [4.69, 9.17) is 5.26 Å². The average Bonchev–Trinajstić information content (AvgIpc) is 3.02. The summed E-state index contributed by atoms with van der Waals surface area (Å²) < 4.78 is 0. The minimum absolute atomic E-state index is 0.334. The van der Waals surface area contributed by atoms with Crippen molar-refractivity contribution in [2.24, 2.45) is 11.8 Å². The van der Waals surface area contributed by atoms with E-state index in [1.807, 2.05) is 18.2 Å². The van der Waals surface area contributed by atoms with Gasteiger partial charge >= 0.3 is 0 Å². The van der Waals surface area contributed by atoms with Crippen molar-refractivity contribution < 1.29 is 0 Å². The quantitative estimate of drug-likeness (QED) is 0.836. The summed E-state index contributed by atoms with van der Waals surface area (Å²) >= 11 is 0. The molecule has 1 N–H and O–H groups in total.